The van der Waals surface area contributed by atoms with E-state index in [1.807, 2.05) is 13.8 Å². The molecule has 2 aromatic heterocycles. The van der Waals surface area contributed by atoms with Crippen LogP contribution in [0.2, 0.25) is 0 Å². The summed E-state index contributed by atoms with van der Waals surface area (Å²) in [5, 5.41) is 20.2. The molecule has 1 saturated heterocycles. The van der Waals surface area contributed by atoms with Gasteiger partial charge in [0, 0.05) is 30.1 Å². The highest BCUT2D eigenvalue weighted by Crippen LogP contribution is 2.48. The van der Waals surface area contributed by atoms with Crippen LogP contribution in [-0.4, -0.2) is 40.2 Å². The molecule has 2 aliphatic rings. The number of pyridine rings is 1. The molecule has 1 aromatic carbocycles. The Hall–Kier alpha value is -3.36. The van der Waals surface area contributed by atoms with Gasteiger partial charge in [0.05, 0.1) is 30.2 Å². The monoisotopic (exact) mass is 500 g/mol. The Bertz CT molecular complexity index is 1370. The molecule has 1 aliphatic carbocycles. The van der Waals surface area contributed by atoms with E-state index < -0.39 is 23.8 Å². The molecule has 0 amide bonds. The Morgan fingerprint density at radius 3 is 2.75 bits per heavy atom. The first kappa shape index (κ1) is 24.3. The second-order valence-corrected chi connectivity index (χ2v) is 10.1. The van der Waals surface area contributed by atoms with Crippen LogP contribution in [0.1, 0.15) is 44.3 Å². The van der Waals surface area contributed by atoms with Crippen LogP contribution in [0.15, 0.2) is 41.3 Å². The van der Waals surface area contributed by atoms with Gasteiger partial charge in [-0.3, -0.25) is 14.8 Å². The fraction of sp³-hybridized carbons (Fsp3) is 0.480. The Labute approximate surface area is 205 Å². The highest BCUT2D eigenvalue weighted by Gasteiger charge is 2.51. The van der Waals surface area contributed by atoms with Crippen molar-refractivity contribution in [3.05, 3.63) is 52.4 Å². The van der Waals surface area contributed by atoms with Gasteiger partial charge in [0.15, 0.2) is 5.82 Å². The van der Waals surface area contributed by atoms with Crippen molar-refractivity contribution in [1.29, 1.82) is 5.26 Å². The number of halogens is 3. The number of H-pyrrole nitrogens is 1. The van der Waals surface area contributed by atoms with Crippen molar-refractivity contribution < 1.29 is 17.9 Å². The lowest BCUT2D eigenvalue weighted by atomic mass is 9.96. The fourth-order valence-corrected chi connectivity index (χ4v) is 4.86. The summed E-state index contributed by atoms with van der Waals surface area (Å²) >= 11 is 0. The van der Waals surface area contributed by atoms with Gasteiger partial charge in [0.25, 0.3) is 5.56 Å². The molecule has 2 fully saturated rings. The minimum atomic E-state index is -4.53. The molecule has 190 valence electrons. The molecule has 8 nitrogen and oxygen atoms in total. The zero-order valence-corrected chi connectivity index (χ0v) is 19.9. The van der Waals surface area contributed by atoms with Gasteiger partial charge in [0.2, 0.25) is 0 Å². The number of ether oxygens (including phenoxy) is 1. The van der Waals surface area contributed by atoms with Crippen LogP contribution in [0.25, 0.3) is 10.9 Å². The van der Waals surface area contributed by atoms with E-state index >= 15 is 0 Å². The van der Waals surface area contributed by atoms with Crippen molar-refractivity contribution in [3.63, 3.8) is 0 Å². The third-order valence-corrected chi connectivity index (χ3v) is 7.17. The quantitative estimate of drug-likeness (QED) is 0.458. The molecule has 5 rings (SSSR count). The first-order chi connectivity index (χ1) is 17.1. The molecule has 36 heavy (non-hydrogen) atoms. The first-order valence-electron chi connectivity index (χ1n) is 11.9. The molecule has 3 N–H and O–H groups in total. The number of aromatic nitrogens is 3. The fourth-order valence-electron chi connectivity index (χ4n) is 4.86. The van der Waals surface area contributed by atoms with Crippen molar-refractivity contribution in [3.8, 4) is 6.07 Å². The largest absolute Gasteiger partial charge is 0.407 e. The van der Waals surface area contributed by atoms with Crippen LogP contribution in [0.5, 0.6) is 0 Å². The number of anilines is 2. The van der Waals surface area contributed by atoms with E-state index in [1.165, 1.54) is 18.3 Å². The van der Waals surface area contributed by atoms with Crippen LogP contribution in [0.4, 0.5) is 24.7 Å². The Morgan fingerprint density at radius 2 is 2.06 bits per heavy atom. The van der Waals surface area contributed by atoms with Crippen LogP contribution in [0, 0.1) is 22.7 Å². The van der Waals surface area contributed by atoms with E-state index in [0.717, 1.165) is 0 Å². The van der Waals surface area contributed by atoms with E-state index in [0.29, 0.717) is 25.0 Å². The molecule has 1 saturated carbocycles. The number of alkyl halides is 3. The highest BCUT2D eigenvalue weighted by atomic mass is 19.4. The molecule has 3 heterocycles. The molecule has 0 spiro atoms. The van der Waals surface area contributed by atoms with Gasteiger partial charge in [-0.15, -0.1) is 0 Å². The third-order valence-electron chi connectivity index (χ3n) is 7.17. The summed E-state index contributed by atoms with van der Waals surface area (Å²) in [6.45, 7) is 4.55. The zero-order chi connectivity index (χ0) is 25.7. The van der Waals surface area contributed by atoms with Gasteiger partial charge in [-0.1, -0.05) is 32.0 Å². The first-order valence-corrected chi connectivity index (χ1v) is 11.9. The average molecular weight is 501 g/mol. The topological polar surface area (TPSA) is 108 Å². The summed E-state index contributed by atoms with van der Waals surface area (Å²) in [6.07, 6.45) is -1.88. The maximum absolute atomic E-state index is 14.2. The van der Waals surface area contributed by atoms with Crippen molar-refractivity contribution in [2.75, 3.05) is 18.5 Å². The second-order valence-electron chi connectivity index (χ2n) is 10.1. The van der Waals surface area contributed by atoms with Gasteiger partial charge in [0.1, 0.15) is 11.4 Å². The lowest BCUT2D eigenvalue weighted by Gasteiger charge is -2.27. The molecular formula is C25H27F3N6O2. The summed E-state index contributed by atoms with van der Waals surface area (Å²) < 4.78 is 49.8. The average Bonchev–Trinajstić information content (AvgIpc) is 3.27. The van der Waals surface area contributed by atoms with Crippen molar-refractivity contribution in [1.82, 2.24) is 20.1 Å². The number of hydrogen-bond acceptors (Lipinski definition) is 6. The predicted octanol–water partition coefficient (Wildman–Crippen LogP) is 4.56. The van der Waals surface area contributed by atoms with Crippen LogP contribution >= 0.6 is 0 Å². The van der Waals surface area contributed by atoms with Crippen molar-refractivity contribution in [2.45, 2.75) is 51.0 Å². The summed E-state index contributed by atoms with van der Waals surface area (Å²) in [7, 11) is 0. The van der Waals surface area contributed by atoms with E-state index in [2.05, 4.69) is 26.8 Å². The number of fused-ring (bicyclic) bond motifs is 1. The van der Waals surface area contributed by atoms with Crippen molar-refractivity contribution >= 4 is 22.4 Å². The molecule has 0 radical (unpaired) electrons. The Kier molecular flexibility index (Phi) is 6.04. The SMILES string of the molecule is CC1(C)CC1NC(c1ccccc1Nc1nn(C2COCCC2C#N)c2cc[nH]c(=O)c12)C(F)(F)F. The van der Waals surface area contributed by atoms with E-state index in [9.17, 15) is 23.2 Å². The molecular weight excluding hydrogens is 473 g/mol. The smallest absolute Gasteiger partial charge is 0.379 e. The molecule has 4 unspecified atom stereocenters. The number of nitrogens with one attached hydrogen (secondary N) is 3. The lowest BCUT2D eigenvalue weighted by molar-refractivity contribution is -0.158. The lowest BCUT2D eigenvalue weighted by Crippen LogP contribution is -2.37. The maximum atomic E-state index is 14.2. The molecule has 4 atom stereocenters. The summed E-state index contributed by atoms with van der Waals surface area (Å²) in [6, 6.07) is 7.52. The molecule has 1 aliphatic heterocycles. The van der Waals surface area contributed by atoms with Gasteiger partial charge in [-0.2, -0.15) is 23.5 Å². The number of nitriles is 1. The summed E-state index contributed by atoms with van der Waals surface area (Å²) in [4.78, 5) is 15.4. The van der Waals surface area contributed by atoms with E-state index in [4.69, 9.17) is 4.74 Å². The number of rotatable bonds is 6. The number of para-hydroxylation sites is 1. The van der Waals surface area contributed by atoms with Gasteiger partial charge in [-0.05, 0) is 30.4 Å². The van der Waals surface area contributed by atoms with Gasteiger partial charge < -0.3 is 15.0 Å². The van der Waals surface area contributed by atoms with E-state index in [1.54, 1.807) is 22.9 Å². The van der Waals surface area contributed by atoms with E-state index in [-0.39, 0.29) is 46.4 Å². The van der Waals surface area contributed by atoms with Crippen LogP contribution in [-0.2, 0) is 4.74 Å². The minimum absolute atomic E-state index is 0.0126. The minimum Gasteiger partial charge on any atom is -0.379 e. The predicted molar refractivity (Wildman–Crippen MR) is 128 cm³/mol. The second kappa shape index (κ2) is 8.94. The number of benzene rings is 1. The molecule has 11 heteroatoms. The Balaban J connectivity index is 1.57. The molecule has 3 aromatic rings. The number of hydrogen-bond donors (Lipinski definition) is 3. The Morgan fingerprint density at radius 1 is 1.31 bits per heavy atom. The normalized spacial score (nSPS) is 24.3. The third kappa shape index (κ3) is 4.47. The van der Waals surface area contributed by atoms with Crippen LogP contribution < -0.4 is 16.2 Å². The number of aromatic amines is 1. The standard InChI is InChI=1S/C25H27F3N6O2/c1-24(2)11-19(24)32-21(25(26,27)28)15-5-3-4-6-16(15)31-22-20-17(7-9-30-23(20)35)34(33-22)18-13-36-10-8-14(18)12-29/h3-7,9,14,18-19,21,32H,8,10-11,13H2,1-2H3,(H,30,35)(H,31,33). The van der Waals surface area contributed by atoms with Crippen LogP contribution in [0.3, 0.4) is 0 Å². The van der Waals surface area contributed by atoms with Gasteiger partial charge in [-0.25, -0.2) is 0 Å². The summed E-state index contributed by atoms with van der Waals surface area (Å²) in [5.41, 5.74) is 0.0397. The van der Waals surface area contributed by atoms with Gasteiger partial charge >= 0.3 is 6.18 Å². The number of nitrogens with zero attached hydrogens (tertiary/aromatic N) is 3. The maximum Gasteiger partial charge on any atom is 0.407 e. The molecule has 0 bridgehead atoms. The van der Waals surface area contributed by atoms with Crippen molar-refractivity contribution in [2.24, 2.45) is 11.3 Å². The summed E-state index contributed by atoms with van der Waals surface area (Å²) in [5.74, 6) is -0.254. The zero-order valence-electron chi connectivity index (χ0n) is 19.9. The highest BCUT2D eigenvalue weighted by molar-refractivity contribution is 5.91.